The van der Waals surface area contributed by atoms with Gasteiger partial charge in [0.2, 0.25) is 0 Å². The van der Waals surface area contributed by atoms with Crippen molar-refractivity contribution < 1.29 is 23.9 Å². The predicted octanol–water partition coefficient (Wildman–Crippen LogP) is 13.1. The van der Waals surface area contributed by atoms with Crippen LogP contribution in [0.3, 0.4) is 0 Å². The van der Waals surface area contributed by atoms with E-state index in [1.165, 1.54) is 116 Å². The van der Waals surface area contributed by atoms with Crippen molar-refractivity contribution in [3.8, 4) is 0 Å². The average Bonchev–Trinajstić information content (AvgIpc) is 3.18. The molecule has 8 heteroatoms. The van der Waals surface area contributed by atoms with E-state index in [-0.39, 0.29) is 24.1 Å². The highest BCUT2D eigenvalue weighted by Gasteiger charge is 2.14. The summed E-state index contributed by atoms with van der Waals surface area (Å²) < 4.78 is 11.4. The fraction of sp³-hybridized carbons (Fsp3) is 0.896. The van der Waals surface area contributed by atoms with Gasteiger partial charge >= 0.3 is 18.0 Å². The largest absolute Gasteiger partial charge is 0.462 e. The van der Waals surface area contributed by atoms with Gasteiger partial charge in [0.25, 0.3) is 0 Å². The van der Waals surface area contributed by atoms with E-state index in [2.05, 4.69) is 37.1 Å². The molecule has 0 radical (unpaired) electrons. The van der Waals surface area contributed by atoms with E-state index in [1.807, 2.05) is 6.08 Å². The number of allylic oxidation sites excluding steroid dienone is 1. The summed E-state index contributed by atoms with van der Waals surface area (Å²) in [5.74, 6) is -0.0741. The standard InChI is InChI=1S/C48H93N3O5/c1-6-9-12-15-18-27-34-44-55-46(52)38-30-23-19-25-32-41-51(43-35-40-49-48(54)50(4)5)42-33-26-20-24-31-39-47(53)56-45(36-28-21-16-13-10-7-2)37-29-22-17-14-11-8-3/h27,34,45H,6-26,28-33,35-44H2,1-5H3,(H,49,54)/b34-27-. The lowest BCUT2D eigenvalue weighted by Crippen LogP contribution is -2.36. The normalized spacial score (nSPS) is 11.6. The van der Waals surface area contributed by atoms with E-state index in [4.69, 9.17) is 9.47 Å². The van der Waals surface area contributed by atoms with Crippen molar-refractivity contribution in [3.63, 3.8) is 0 Å². The van der Waals surface area contributed by atoms with Crippen molar-refractivity contribution in [2.24, 2.45) is 0 Å². The maximum absolute atomic E-state index is 12.8. The number of ether oxygens (including phenoxy) is 2. The van der Waals surface area contributed by atoms with Crippen molar-refractivity contribution >= 4 is 18.0 Å². The number of esters is 2. The molecule has 0 unspecified atom stereocenters. The Morgan fingerprint density at radius 3 is 1.50 bits per heavy atom. The molecule has 0 saturated carbocycles. The molecule has 0 fully saturated rings. The molecule has 0 saturated heterocycles. The first-order valence-electron chi connectivity index (χ1n) is 24.0. The second-order valence-corrected chi connectivity index (χ2v) is 16.6. The number of hydrogen-bond donors (Lipinski definition) is 1. The van der Waals surface area contributed by atoms with Crippen LogP contribution in [0.1, 0.15) is 226 Å². The Morgan fingerprint density at radius 1 is 0.518 bits per heavy atom. The van der Waals surface area contributed by atoms with Gasteiger partial charge in [-0.25, -0.2) is 4.79 Å². The monoisotopic (exact) mass is 792 g/mol. The molecule has 8 nitrogen and oxygen atoms in total. The zero-order chi connectivity index (χ0) is 41.2. The Hall–Kier alpha value is -2.09. The van der Waals surface area contributed by atoms with Crippen LogP contribution in [0.2, 0.25) is 0 Å². The van der Waals surface area contributed by atoms with Crippen LogP contribution in [0.15, 0.2) is 12.2 Å². The second-order valence-electron chi connectivity index (χ2n) is 16.6. The number of amides is 2. The van der Waals surface area contributed by atoms with E-state index < -0.39 is 0 Å². The molecule has 0 atom stereocenters. The first kappa shape index (κ1) is 53.9. The Morgan fingerprint density at radius 2 is 0.964 bits per heavy atom. The topological polar surface area (TPSA) is 88.2 Å². The summed E-state index contributed by atoms with van der Waals surface area (Å²) in [6.07, 6.45) is 40.6. The zero-order valence-electron chi connectivity index (χ0n) is 37.8. The molecule has 0 aromatic rings. The number of hydrogen-bond acceptors (Lipinski definition) is 6. The molecule has 1 N–H and O–H groups in total. The first-order chi connectivity index (χ1) is 27.3. The summed E-state index contributed by atoms with van der Waals surface area (Å²) in [7, 11) is 3.54. The van der Waals surface area contributed by atoms with E-state index >= 15 is 0 Å². The van der Waals surface area contributed by atoms with Gasteiger partial charge in [-0.05, 0) is 90.3 Å². The Labute approximate surface area is 347 Å². The Bertz CT molecular complexity index is 895. The van der Waals surface area contributed by atoms with Crippen LogP contribution in [0, 0.1) is 0 Å². The van der Waals surface area contributed by atoms with E-state index in [9.17, 15) is 14.4 Å². The molecule has 56 heavy (non-hydrogen) atoms. The van der Waals surface area contributed by atoms with Crippen LogP contribution in [0.5, 0.6) is 0 Å². The third kappa shape index (κ3) is 38.8. The zero-order valence-corrected chi connectivity index (χ0v) is 37.8. The lowest BCUT2D eigenvalue weighted by Gasteiger charge is -2.23. The average molecular weight is 792 g/mol. The van der Waals surface area contributed by atoms with Crippen LogP contribution < -0.4 is 5.32 Å². The lowest BCUT2D eigenvalue weighted by atomic mass is 10.0. The number of rotatable bonds is 42. The van der Waals surface area contributed by atoms with Gasteiger partial charge in [-0.1, -0.05) is 155 Å². The fourth-order valence-electron chi connectivity index (χ4n) is 7.16. The molecule has 0 spiro atoms. The van der Waals surface area contributed by atoms with Gasteiger partial charge in [0, 0.05) is 33.5 Å². The highest BCUT2D eigenvalue weighted by molar-refractivity contribution is 5.73. The third-order valence-electron chi connectivity index (χ3n) is 10.8. The second kappa shape index (κ2) is 42.5. The number of unbranched alkanes of at least 4 members (excludes halogenated alkanes) is 22. The van der Waals surface area contributed by atoms with Gasteiger partial charge in [-0.15, -0.1) is 0 Å². The van der Waals surface area contributed by atoms with Gasteiger partial charge in [0.15, 0.2) is 0 Å². The molecule has 0 bridgehead atoms. The molecule has 0 heterocycles. The van der Waals surface area contributed by atoms with Gasteiger partial charge in [-0.2, -0.15) is 0 Å². The molecule has 0 aliphatic carbocycles. The van der Waals surface area contributed by atoms with Crippen LogP contribution in [0.25, 0.3) is 0 Å². The Kier molecular flexibility index (Phi) is 40.9. The quantitative estimate of drug-likeness (QED) is 0.0376. The predicted molar refractivity (Wildman–Crippen MR) is 238 cm³/mol. The van der Waals surface area contributed by atoms with Gasteiger partial charge in [-0.3, -0.25) is 9.59 Å². The molecule has 0 aromatic heterocycles. The molecule has 0 rings (SSSR count). The molecular weight excluding hydrogens is 699 g/mol. The van der Waals surface area contributed by atoms with Gasteiger partial charge < -0.3 is 24.6 Å². The van der Waals surface area contributed by atoms with E-state index in [1.54, 1.807) is 19.0 Å². The van der Waals surface area contributed by atoms with Gasteiger partial charge in [0.1, 0.15) is 12.7 Å². The molecule has 0 aliphatic rings. The summed E-state index contributed by atoms with van der Waals surface area (Å²) in [5, 5.41) is 3.00. The summed E-state index contributed by atoms with van der Waals surface area (Å²) in [6, 6.07) is -0.0373. The first-order valence-corrected chi connectivity index (χ1v) is 24.0. The fourth-order valence-corrected chi connectivity index (χ4v) is 7.16. The maximum atomic E-state index is 12.8. The van der Waals surface area contributed by atoms with Crippen LogP contribution in [0.4, 0.5) is 4.79 Å². The smallest absolute Gasteiger partial charge is 0.316 e. The minimum Gasteiger partial charge on any atom is -0.462 e. The molecule has 0 aromatic carbocycles. The molecule has 2 amide bonds. The Balaban J connectivity index is 4.38. The van der Waals surface area contributed by atoms with Crippen molar-refractivity contribution in [1.29, 1.82) is 0 Å². The highest BCUT2D eigenvalue weighted by Crippen LogP contribution is 2.18. The minimum atomic E-state index is -0.0839. The van der Waals surface area contributed by atoms with Crippen molar-refractivity contribution in [1.82, 2.24) is 15.1 Å². The van der Waals surface area contributed by atoms with Crippen LogP contribution in [-0.4, -0.2) is 80.8 Å². The third-order valence-corrected chi connectivity index (χ3v) is 10.8. The van der Waals surface area contributed by atoms with Crippen LogP contribution in [-0.2, 0) is 19.1 Å². The molecular formula is C48H93N3O5. The van der Waals surface area contributed by atoms with Crippen molar-refractivity contribution in [2.75, 3.05) is 46.9 Å². The summed E-state index contributed by atoms with van der Waals surface area (Å²) in [5.41, 5.74) is 0. The number of carbonyl (C=O) groups excluding carboxylic acids is 3. The SMILES string of the molecule is CCCCCC/C=C\COC(=O)CCCCCCCN(CCCCCCCC(=O)OC(CCCCCCCC)CCCCCCCC)CCCNC(=O)N(C)C. The molecule has 0 aliphatic heterocycles. The van der Waals surface area contributed by atoms with Gasteiger partial charge in [0.05, 0.1) is 0 Å². The summed E-state index contributed by atoms with van der Waals surface area (Å²) in [6.45, 7) is 11.0. The summed E-state index contributed by atoms with van der Waals surface area (Å²) >= 11 is 0. The number of nitrogens with zero attached hydrogens (tertiary/aromatic N) is 2. The number of nitrogens with one attached hydrogen (secondary N) is 1. The highest BCUT2D eigenvalue weighted by atomic mass is 16.5. The van der Waals surface area contributed by atoms with Crippen LogP contribution >= 0.6 is 0 Å². The lowest BCUT2D eigenvalue weighted by molar-refractivity contribution is -0.150. The van der Waals surface area contributed by atoms with E-state index in [0.29, 0.717) is 26.0 Å². The maximum Gasteiger partial charge on any atom is 0.316 e. The van der Waals surface area contributed by atoms with Crippen molar-refractivity contribution in [2.45, 2.75) is 232 Å². The summed E-state index contributed by atoms with van der Waals surface area (Å²) in [4.78, 5) is 41.0. The minimum absolute atomic E-state index is 0.00987. The number of carbonyl (C=O) groups is 3. The van der Waals surface area contributed by atoms with E-state index in [0.717, 1.165) is 96.7 Å². The molecule has 330 valence electrons. The number of urea groups is 1. The van der Waals surface area contributed by atoms with Crippen molar-refractivity contribution in [3.05, 3.63) is 12.2 Å².